The van der Waals surface area contributed by atoms with Gasteiger partial charge in [0, 0.05) is 5.56 Å². The summed E-state index contributed by atoms with van der Waals surface area (Å²) in [7, 11) is 0. The smallest absolute Gasteiger partial charge is 0.166 e. The second kappa shape index (κ2) is 11.1. The van der Waals surface area contributed by atoms with E-state index in [0.29, 0.717) is 40.5 Å². The molecule has 1 atom stereocenters. The lowest BCUT2D eigenvalue weighted by atomic mass is 9.76. The molecular formula is C30H36F4. The zero-order chi connectivity index (χ0) is 24.2. The number of hydrogen-bond donors (Lipinski definition) is 0. The normalized spacial score (nSPS) is 23.1. The number of rotatable bonds is 7. The molecule has 4 heteroatoms. The van der Waals surface area contributed by atoms with Gasteiger partial charge < -0.3 is 0 Å². The van der Waals surface area contributed by atoms with Crippen LogP contribution in [0.1, 0.15) is 99.3 Å². The minimum atomic E-state index is -0.745. The fourth-order valence-corrected chi connectivity index (χ4v) is 5.93. The van der Waals surface area contributed by atoms with Gasteiger partial charge in [-0.2, -0.15) is 0 Å². The number of allylic oxidation sites excluding steroid dienone is 2. The minimum absolute atomic E-state index is 0.0282. The van der Waals surface area contributed by atoms with Crippen LogP contribution in [0.25, 0.3) is 5.57 Å². The quantitative estimate of drug-likeness (QED) is 0.352. The highest BCUT2D eigenvalue weighted by Gasteiger charge is 2.26. The molecule has 2 aromatic carbocycles. The maximum absolute atomic E-state index is 14.9. The van der Waals surface area contributed by atoms with Gasteiger partial charge in [-0.25, -0.2) is 17.6 Å². The molecule has 1 saturated carbocycles. The Labute approximate surface area is 201 Å². The first-order valence-electron chi connectivity index (χ1n) is 13.0. The van der Waals surface area contributed by atoms with Gasteiger partial charge in [0.05, 0.1) is 0 Å². The molecule has 184 valence electrons. The highest BCUT2D eigenvalue weighted by Crippen LogP contribution is 2.40. The van der Waals surface area contributed by atoms with Gasteiger partial charge in [0.2, 0.25) is 0 Å². The number of hydrogen-bond acceptors (Lipinski definition) is 0. The molecule has 0 heterocycles. The lowest BCUT2D eigenvalue weighted by Gasteiger charge is -2.29. The van der Waals surface area contributed by atoms with E-state index in [-0.39, 0.29) is 5.92 Å². The van der Waals surface area contributed by atoms with Crippen molar-refractivity contribution in [3.63, 3.8) is 0 Å². The Morgan fingerprint density at radius 3 is 2.21 bits per heavy atom. The molecule has 1 fully saturated rings. The van der Waals surface area contributed by atoms with Crippen molar-refractivity contribution in [1.29, 1.82) is 0 Å². The van der Waals surface area contributed by atoms with E-state index >= 15 is 0 Å². The maximum Gasteiger partial charge on any atom is 0.166 e. The summed E-state index contributed by atoms with van der Waals surface area (Å²) in [5, 5.41) is 0. The van der Waals surface area contributed by atoms with Crippen LogP contribution in [0.15, 0.2) is 30.3 Å². The molecule has 0 amide bonds. The third kappa shape index (κ3) is 5.42. The van der Waals surface area contributed by atoms with Crippen molar-refractivity contribution in [3.05, 3.63) is 75.9 Å². The van der Waals surface area contributed by atoms with Crippen LogP contribution in [-0.4, -0.2) is 0 Å². The minimum Gasteiger partial charge on any atom is -0.203 e. The second-order valence-corrected chi connectivity index (χ2v) is 10.4. The third-order valence-electron chi connectivity index (χ3n) is 8.14. The first kappa shape index (κ1) is 25.0. The van der Waals surface area contributed by atoms with Crippen LogP contribution >= 0.6 is 0 Å². The molecule has 4 rings (SSSR count). The molecule has 2 aromatic rings. The lowest BCUT2D eigenvalue weighted by molar-refractivity contribution is 0.303. The topological polar surface area (TPSA) is 0 Å². The maximum atomic E-state index is 14.9. The zero-order valence-corrected chi connectivity index (χ0v) is 20.4. The van der Waals surface area contributed by atoms with Crippen molar-refractivity contribution < 1.29 is 17.6 Å². The molecule has 0 bridgehead atoms. The van der Waals surface area contributed by atoms with Gasteiger partial charge in [0.15, 0.2) is 23.3 Å². The van der Waals surface area contributed by atoms with Crippen LogP contribution in [0, 0.1) is 42.0 Å². The standard InChI is InChI=1S/C30H36F4/c1-3-4-20-6-11-23(12-7-20)26-18-16-24(28(32)30(26)34)15-10-21-8-13-22(14-9-21)25-17-5-19(2)27(31)29(25)33/h5,11,16-18,20-22H,3-4,6-10,12-15H2,1-2H3. The Bertz CT molecular complexity index is 1030. The molecule has 0 aliphatic heterocycles. The van der Waals surface area contributed by atoms with Gasteiger partial charge in [0.1, 0.15) is 0 Å². The van der Waals surface area contributed by atoms with Gasteiger partial charge in [-0.3, -0.25) is 0 Å². The van der Waals surface area contributed by atoms with Gasteiger partial charge >= 0.3 is 0 Å². The van der Waals surface area contributed by atoms with Crippen molar-refractivity contribution in [3.8, 4) is 0 Å². The summed E-state index contributed by atoms with van der Waals surface area (Å²) in [5.74, 6) is -1.79. The van der Waals surface area contributed by atoms with Crippen molar-refractivity contribution in [2.45, 2.75) is 90.4 Å². The van der Waals surface area contributed by atoms with E-state index in [0.717, 1.165) is 63.4 Å². The predicted molar refractivity (Wildman–Crippen MR) is 131 cm³/mol. The first-order valence-corrected chi connectivity index (χ1v) is 13.0. The molecule has 0 radical (unpaired) electrons. The lowest BCUT2D eigenvalue weighted by Crippen LogP contribution is -2.16. The molecule has 0 saturated heterocycles. The van der Waals surface area contributed by atoms with E-state index in [2.05, 4.69) is 13.0 Å². The third-order valence-corrected chi connectivity index (χ3v) is 8.14. The van der Waals surface area contributed by atoms with Crippen LogP contribution in [0.5, 0.6) is 0 Å². The van der Waals surface area contributed by atoms with Gasteiger partial charge in [-0.15, -0.1) is 0 Å². The average molecular weight is 473 g/mol. The van der Waals surface area contributed by atoms with Crippen LogP contribution in [0.3, 0.4) is 0 Å². The number of aryl methyl sites for hydroxylation is 2. The van der Waals surface area contributed by atoms with Crippen LogP contribution in [0.2, 0.25) is 0 Å². The molecule has 34 heavy (non-hydrogen) atoms. The molecule has 2 aliphatic rings. The van der Waals surface area contributed by atoms with E-state index in [1.807, 2.05) is 0 Å². The van der Waals surface area contributed by atoms with E-state index < -0.39 is 23.3 Å². The number of benzene rings is 2. The summed E-state index contributed by atoms with van der Waals surface area (Å²) in [6.45, 7) is 3.76. The Hall–Kier alpha value is -2.10. The molecular weight excluding hydrogens is 436 g/mol. The van der Waals surface area contributed by atoms with Crippen molar-refractivity contribution in [2.24, 2.45) is 11.8 Å². The predicted octanol–water partition coefficient (Wildman–Crippen LogP) is 9.44. The van der Waals surface area contributed by atoms with Crippen LogP contribution in [-0.2, 0) is 6.42 Å². The van der Waals surface area contributed by atoms with Crippen molar-refractivity contribution >= 4 is 5.57 Å². The Morgan fingerprint density at radius 2 is 1.53 bits per heavy atom. The van der Waals surface area contributed by atoms with E-state index in [4.69, 9.17) is 0 Å². The number of halogens is 4. The zero-order valence-electron chi connectivity index (χ0n) is 20.4. The summed E-state index contributed by atoms with van der Waals surface area (Å²) in [5.41, 5.74) is 2.60. The Kier molecular flexibility index (Phi) is 8.16. The second-order valence-electron chi connectivity index (χ2n) is 10.4. The monoisotopic (exact) mass is 472 g/mol. The van der Waals surface area contributed by atoms with E-state index in [9.17, 15) is 17.6 Å². The summed E-state index contributed by atoms with van der Waals surface area (Å²) in [6, 6.07) is 6.87. The van der Waals surface area contributed by atoms with E-state index in [1.165, 1.54) is 6.42 Å². The molecule has 0 aromatic heterocycles. The molecule has 0 spiro atoms. The highest BCUT2D eigenvalue weighted by atomic mass is 19.2. The van der Waals surface area contributed by atoms with Crippen LogP contribution in [0.4, 0.5) is 17.6 Å². The van der Waals surface area contributed by atoms with Crippen LogP contribution < -0.4 is 0 Å². The molecule has 0 nitrogen and oxygen atoms in total. The fourth-order valence-electron chi connectivity index (χ4n) is 5.93. The molecule has 2 aliphatic carbocycles. The van der Waals surface area contributed by atoms with Crippen molar-refractivity contribution in [1.82, 2.24) is 0 Å². The van der Waals surface area contributed by atoms with Gasteiger partial charge in [-0.05, 0) is 105 Å². The summed E-state index contributed by atoms with van der Waals surface area (Å²) >= 11 is 0. The SMILES string of the molecule is CCCC1CC=C(c2ccc(CCC3CCC(c4ccc(C)c(F)c4F)CC3)c(F)c2F)CC1. The largest absolute Gasteiger partial charge is 0.203 e. The summed E-state index contributed by atoms with van der Waals surface area (Å²) in [6.07, 6.45) is 11.9. The molecule has 0 N–H and O–H groups in total. The van der Waals surface area contributed by atoms with Gasteiger partial charge in [-0.1, -0.05) is 50.1 Å². The Morgan fingerprint density at radius 1 is 0.765 bits per heavy atom. The first-order chi connectivity index (χ1) is 16.4. The Balaban J connectivity index is 1.33. The summed E-state index contributed by atoms with van der Waals surface area (Å²) in [4.78, 5) is 0. The van der Waals surface area contributed by atoms with Gasteiger partial charge in [0.25, 0.3) is 0 Å². The molecule has 1 unspecified atom stereocenters. The van der Waals surface area contributed by atoms with E-state index in [1.54, 1.807) is 31.2 Å². The summed E-state index contributed by atoms with van der Waals surface area (Å²) < 4.78 is 58.1. The fraction of sp³-hybridized carbons (Fsp3) is 0.533. The van der Waals surface area contributed by atoms with Crippen molar-refractivity contribution in [2.75, 3.05) is 0 Å². The average Bonchev–Trinajstić information content (AvgIpc) is 2.85. The highest BCUT2D eigenvalue weighted by molar-refractivity contribution is 5.67.